The van der Waals surface area contributed by atoms with Crippen molar-refractivity contribution >= 4 is 21.9 Å². The van der Waals surface area contributed by atoms with Crippen LogP contribution in [0, 0.1) is 6.92 Å². The van der Waals surface area contributed by atoms with Crippen LogP contribution in [0.2, 0.25) is 0 Å². The molecule has 0 spiro atoms. The summed E-state index contributed by atoms with van der Waals surface area (Å²) in [6.07, 6.45) is 0. The first-order valence-electron chi connectivity index (χ1n) is 5.47. The van der Waals surface area contributed by atoms with Gasteiger partial charge in [0.2, 0.25) is 0 Å². The van der Waals surface area contributed by atoms with Crippen molar-refractivity contribution in [1.82, 2.24) is 14.7 Å². The molecule has 0 amide bonds. The molecule has 0 aromatic carbocycles. The molecule has 0 aliphatic rings. The van der Waals surface area contributed by atoms with Crippen molar-refractivity contribution in [3.63, 3.8) is 0 Å². The number of hydrogen-bond acceptors (Lipinski definition) is 4. The molecule has 0 radical (unpaired) electrons. The van der Waals surface area contributed by atoms with Crippen LogP contribution >= 0.6 is 15.9 Å². The zero-order valence-electron chi connectivity index (χ0n) is 10.7. The highest BCUT2D eigenvalue weighted by molar-refractivity contribution is 9.10. The van der Waals surface area contributed by atoms with Gasteiger partial charge in [0.1, 0.15) is 0 Å². The van der Waals surface area contributed by atoms with E-state index in [2.05, 4.69) is 21.0 Å². The van der Waals surface area contributed by atoms with Gasteiger partial charge in [-0.2, -0.15) is 5.10 Å². The number of carbonyl (C=O) groups excluding carboxylic acids is 1. The third kappa shape index (κ3) is 3.81. The van der Waals surface area contributed by atoms with Crippen molar-refractivity contribution in [2.75, 3.05) is 20.2 Å². The molecule has 1 aromatic rings. The summed E-state index contributed by atoms with van der Waals surface area (Å²) in [6.45, 7) is 5.10. The fraction of sp³-hybridized carbons (Fsp3) is 0.636. The molecule has 6 heteroatoms. The summed E-state index contributed by atoms with van der Waals surface area (Å²) in [5, 5.41) is 4.31. The average molecular weight is 304 g/mol. The number of aryl methyl sites for hydroxylation is 2. The second-order valence-electron chi connectivity index (χ2n) is 3.95. The monoisotopic (exact) mass is 303 g/mol. The molecule has 96 valence electrons. The van der Waals surface area contributed by atoms with Crippen molar-refractivity contribution in [3.8, 4) is 0 Å². The molecule has 0 atom stereocenters. The summed E-state index contributed by atoms with van der Waals surface area (Å²) in [5.74, 6) is -0.204. The van der Waals surface area contributed by atoms with E-state index < -0.39 is 0 Å². The Morgan fingerprint density at radius 3 is 2.71 bits per heavy atom. The van der Waals surface area contributed by atoms with Crippen LogP contribution < -0.4 is 0 Å². The SMILES string of the molecule is CCOC(=O)CN(C)Cc1c(Br)c(C)nn1C. The molecule has 0 aliphatic heterocycles. The van der Waals surface area contributed by atoms with Crippen LogP contribution in [0.1, 0.15) is 18.3 Å². The highest BCUT2D eigenvalue weighted by atomic mass is 79.9. The van der Waals surface area contributed by atoms with Crippen molar-refractivity contribution in [1.29, 1.82) is 0 Å². The van der Waals surface area contributed by atoms with Gasteiger partial charge in [0.05, 0.1) is 29.0 Å². The number of nitrogens with zero attached hydrogens (tertiary/aromatic N) is 3. The van der Waals surface area contributed by atoms with E-state index in [-0.39, 0.29) is 12.5 Å². The van der Waals surface area contributed by atoms with Gasteiger partial charge in [-0.3, -0.25) is 14.4 Å². The number of aromatic nitrogens is 2. The van der Waals surface area contributed by atoms with Gasteiger partial charge in [-0.1, -0.05) is 0 Å². The molecule has 1 aromatic heterocycles. The van der Waals surface area contributed by atoms with Gasteiger partial charge >= 0.3 is 5.97 Å². The summed E-state index contributed by atoms with van der Waals surface area (Å²) in [4.78, 5) is 13.2. The van der Waals surface area contributed by atoms with Gasteiger partial charge in [-0.05, 0) is 36.8 Å². The first kappa shape index (κ1) is 14.2. The molecule has 0 saturated carbocycles. The molecule has 0 unspecified atom stereocenters. The number of esters is 1. The Labute approximate surface area is 110 Å². The van der Waals surface area contributed by atoms with Crippen molar-refractivity contribution in [3.05, 3.63) is 15.9 Å². The predicted molar refractivity (Wildman–Crippen MR) is 68.6 cm³/mol. The van der Waals surface area contributed by atoms with E-state index in [1.54, 1.807) is 6.92 Å². The minimum Gasteiger partial charge on any atom is -0.465 e. The van der Waals surface area contributed by atoms with Crippen molar-refractivity contribution in [2.24, 2.45) is 7.05 Å². The Morgan fingerprint density at radius 1 is 1.59 bits per heavy atom. The van der Waals surface area contributed by atoms with Gasteiger partial charge in [0.25, 0.3) is 0 Å². The van der Waals surface area contributed by atoms with E-state index in [0.717, 1.165) is 15.9 Å². The highest BCUT2D eigenvalue weighted by Crippen LogP contribution is 2.21. The van der Waals surface area contributed by atoms with E-state index in [4.69, 9.17) is 4.74 Å². The standard InChI is InChI=1S/C11H18BrN3O2/c1-5-17-10(16)7-14(3)6-9-11(12)8(2)13-15(9)4/h5-7H2,1-4H3. The molecule has 5 nitrogen and oxygen atoms in total. The number of likely N-dealkylation sites (N-methyl/N-ethyl adjacent to an activating group) is 1. The Kier molecular flexibility index (Phi) is 5.14. The number of ether oxygens (including phenoxy) is 1. The van der Waals surface area contributed by atoms with Gasteiger partial charge in [0, 0.05) is 13.6 Å². The number of rotatable bonds is 5. The fourth-order valence-corrected chi connectivity index (χ4v) is 2.05. The maximum absolute atomic E-state index is 11.3. The Bertz CT molecular complexity index is 404. The zero-order valence-corrected chi connectivity index (χ0v) is 12.2. The highest BCUT2D eigenvalue weighted by Gasteiger charge is 2.14. The van der Waals surface area contributed by atoms with Crippen LogP contribution in [0.4, 0.5) is 0 Å². The van der Waals surface area contributed by atoms with Gasteiger partial charge < -0.3 is 4.74 Å². The predicted octanol–water partition coefficient (Wildman–Crippen LogP) is 1.49. The van der Waals surface area contributed by atoms with Gasteiger partial charge in [0.15, 0.2) is 0 Å². The van der Waals surface area contributed by atoms with Crippen LogP contribution in [-0.2, 0) is 23.1 Å². The first-order chi connectivity index (χ1) is 7.95. The van der Waals surface area contributed by atoms with Crippen LogP contribution in [0.15, 0.2) is 4.47 Å². The largest absolute Gasteiger partial charge is 0.465 e. The Hall–Kier alpha value is -0.880. The second kappa shape index (κ2) is 6.16. The van der Waals surface area contributed by atoms with Crippen LogP contribution in [-0.4, -0.2) is 40.8 Å². The molecule has 0 N–H and O–H groups in total. The second-order valence-corrected chi connectivity index (χ2v) is 4.74. The van der Waals surface area contributed by atoms with Crippen molar-refractivity contribution < 1.29 is 9.53 Å². The van der Waals surface area contributed by atoms with Crippen LogP contribution in [0.3, 0.4) is 0 Å². The summed E-state index contributed by atoms with van der Waals surface area (Å²) in [5.41, 5.74) is 2.00. The van der Waals surface area contributed by atoms with Gasteiger partial charge in [-0.15, -0.1) is 0 Å². The third-order valence-electron chi connectivity index (χ3n) is 2.39. The quantitative estimate of drug-likeness (QED) is 0.773. The molecule has 0 fully saturated rings. The van der Waals surface area contributed by atoms with E-state index >= 15 is 0 Å². The summed E-state index contributed by atoms with van der Waals surface area (Å²) >= 11 is 3.50. The maximum Gasteiger partial charge on any atom is 0.320 e. The molecular formula is C11H18BrN3O2. The normalized spacial score (nSPS) is 10.9. The van der Waals surface area contributed by atoms with E-state index in [0.29, 0.717) is 13.2 Å². The lowest BCUT2D eigenvalue weighted by molar-refractivity contribution is -0.144. The summed E-state index contributed by atoms with van der Waals surface area (Å²) < 4.78 is 7.72. The molecule has 17 heavy (non-hydrogen) atoms. The Balaban J connectivity index is 2.62. The lowest BCUT2D eigenvalue weighted by Gasteiger charge is -2.15. The maximum atomic E-state index is 11.3. The average Bonchev–Trinajstić information content (AvgIpc) is 2.45. The fourth-order valence-electron chi connectivity index (χ4n) is 1.59. The molecule has 0 saturated heterocycles. The topological polar surface area (TPSA) is 47.4 Å². The minimum atomic E-state index is -0.204. The molecule has 1 heterocycles. The lowest BCUT2D eigenvalue weighted by Crippen LogP contribution is -2.28. The van der Waals surface area contributed by atoms with Crippen LogP contribution in [0.5, 0.6) is 0 Å². The number of hydrogen-bond donors (Lipinski definition) is 0. The number of carbonyl (C=O) groups is 1. The first-order valence-corrected chi connectivity index (χ1v) is 6.27. The minimum absolute atomic E-state index is 0.204. The molecular weight excluding hydrogens is 286 g/mol. The van der Waals surface area contributed by atoms with E-state index in [9.17, 15) is 4.79 Å². The lowest BCUT2D eigenvalue weighted by atomic mass is 10.3. The van der Waals surface area contributed by atoms with Crippen LogP contribution in [0.25, 0.3) is 0 Å². The smallest absolute Gasteiger partial charge is 0.320 e. The molecule has 0 aliphatic carbocycles. The zero-order chi connectivity index (χ0) is 13.0. The third-order valence-corrected chi connectivity index (χ3v) is 3.42. The molecule has 1 rings (SSSR count). The van der Waals surface area contributed by atoms with Crippen molar-refractivity contribution in [2.45, 2.75) is 20.4 Å². The Morgan fingerprint density at radius 2 is 2.24 bits per heavy atom. The summed E-state index contributed by atoms with van der Waals surface area (Å²) in [7, 11) is 3.77. The number of halogens is 1. The van der Waals surface area contributed by atoms with Gasteiger partial charge in [-0.25, -0.2) is 0 Å². The van der Waals surface area contributed by atoms with E-state index in [1.807, 2.05) is 30.6 Å². The molecule has 0 bridgehead atoms. The van der Waals surface area contributed by atoms with E-state index in [1.165, 1.54) is 0 Å². The summed E-state index contributed by atoms with van der Waals surface area (Å²) in [6, 6.07) is 0.